The molecule has 1 aromatic heterocycles. The summed E-state index contributed by atoms with van der Waals surface area (Å²) in [7, 11) is 1.61. The quantitative estimate of drug-likeness (QED) is 0.796. The van der Waals surface area contributed by atoms with E-state index in [0.29, 0.717) is 29.3 Å². The van der Waals surface area contributed by atoms with E-state index in [1.54, 1.807) is 19.4 Å². The number of hydrogen-bond acceptors (Lipinski definition) is 5. The molecular formula is C25H27N3O3. The third-order valence-electron chi connectivity index (χ3n) is 6.01. The number of amides is 1. The van der Waals surface area contributed by atoms with Gasteiger partial charge >= 0.3 is 0 Å². The first-order valence-electron chi connectivity index (χ1n) is 10.6. The maximum Gasteiger partial charge on any atom is 0.255 e. The number of carbonyl (C=O) groups is 2. The molecule has 31 heavy (non-hydrogen) atoms. The Balaban J connectivity index is 1.80. The molecule has 2 heterocycles. The first-order valence-corrected chi connectivity index (χ1v) is 10.6. The zero-order chi connectivity index (χ0) is 22.1. The molecule has 3 atom stereocenters. The molecule has 1 fully saturated rings. The van der Waals surface area contributed by atoms with E-state index >= 15 is 0 Å². The van der Waals surface area contributed by atoms with Gasteiger partial charge in [0.25, 0.3) is 5.91 Å². The van der Waals surface area contributed by atoms with Crippen LogP contribution in [0.3, 0.4) is 0 Å². The number of nitrogens with one attached hydrogen (secondary N) is 1. The molecule has 1 saturated carbocycles. The van der Waals surface area contributed by atoms with Gasteiger partial charge < -0.3 is 10.1 Å². The fraction of sp³-hybridized carbons (Fsp3) is 0.360. The summed E-state index contributed by atoms with van der Waals surface area (Å²) in [6, 6.07) is 11.3. The summed E-state index contributed by atoms with van der Waals surface area (Å²) in [4.78, 5) is 35.6. The van der Waals surface area contributed by atoms with Crippen LogP contribution in [0.15, 0.2) is 58.9 Å². The molecule has 1 amide bonds. The second kappa shape index (κ2) is 8.46. The maximum absolute atomic E-state index is 13.4. The molecule has 1 aliphatic heterocycles. The Bertz CT molecular complexity index is 1090. The number of aromatic nitrogens is 1. The maximum atomic E-state index is 13.4. The van der Waals surface area contributed by atoms with Crippen LogP contribution in [0.2, 0.25) is 0 Å². The summed E-state index contributed by atoms with van der Waals surface area (Å²) in [5.41, 5.74) is 3.91. The van der Waals surface area contributed by atoms with Gasteiger partial charge in [-0.3, -0.25) is 14.6 Å². The fourth-order valence-corrected chi connectivity index (χ4v) is 4.60. The molecule has 4 rings (SSSR count). The van der Waals surface area contributed by atoms with Crippen LogP contribution in [0.5, 0.6) is 5.75 Å². The predicted molar refractivity (Wildman–Crippen MR) is 120 cm³/mol. The summed E-state index contributed by atoms with van der Waals surface area (Å²) >= 11 is 0. The van der Waals surface area contributed by atoms with Gasteiger partial charge in [-0.15, -0.1) is 0 Å². The molecule has 1 N–H and O–H groups in total. The van der Waals surface area contributed by atoms with Crippen molar-refractivity contribution in [1.82, 2.24) is 4.98 Å². The highest BCUT2D eigenvalue weighted by Crippen LogP contribution is 2.44. The van der Waals surface area contributed by atoms with Crippen molar-refractivity contribution in [2.75, 3.05) is 12.4 Å². The van der Waals surface area contributed by atoms with Gasteiger partial charge in [0.1, 0.15) is 17.4 Å². The van der Waals surface area contributed by atoms with Gasteiger partial charge in [-0.05, 0) is 55.5 Å². The lowest BCUT2D eigenvalue weighted by Gasteiger charge is -2.37. The summed E-state index contributed by atoms with van der Waals surface area (Å²) < 4.78 is 5.41. The SMILES string of the molecule is COc1cccc([C@@H]2C(C(=O)Nc3ccc(C)cn3)=C(C)N=C3C[C@@H](C)CC(=O)[C@@H]32)c1. The van der Waals surface area contributed by atoms with E-state index < -0.39 is 11.8 Å². The first-order chi connectivity index (χ1) is 14.9. The van der Waals surface area contributed by atoms with E-state index in [4.69, 9.17) is 9.73 Å². The highest BCUT2D eigenvalue weighted by molar-refractivity contribution is 6.14. The lowest BCUT2D eigenvalue weighted by Crippen LogP contribution is -2.41. The van der Waals surface area contributed by atoms with Crippen molar-refractivity contribution in [3.63, 3.8) is 0 Å². The number of aliphatic imine (C=N–C) groups is 1. The molecule has 2 aromatic rings. The molecule has 0 spiro atoms. The minimum Gasteiger partial charge on any atom is -0.497 e. The zero-order valence-electron chi connectivity index (χ0n) is 18.3. The molecule has 0 radical (unpaired) electrons. The Morgan fingerprint density at radius 2 is 1.94 bits per heavy atom. The average Bonchev–Trinajstić information content (AvgIpc) is 2.74. The fourth-order valence-electron chi connectivity index (χ4n) is 4.60. The zero-order valence-corrected chi connectivity index (χ0v) is 18.3. The average molecular weight is 418 g/mol. The third kappa shape index (κ3) is 4.15. The van der Waals surface area contributed by atoms with Crippen molar-refractivity contribution in [1.29, 1.82) is 0 Å². The number of hydrogen-bond donors (Lipinski definition) is 1. The van der Waals surface area contributed by atoms with Crippen LogP contribution in [0.1, 0.15) is 43.7 Å². The van der Waals surface area contributed by atoms with Crippen molar-refractivity contribution >= 4 is 23.2 Å². The summed E-state index contributed by atoms with van der Waals surface area (Å²) in [5.74, 6) is 0.433. The van der Waals surface area contributed by atoms with Crippen LogP contribution in [0.4, 0.5) is 5.82 Å². The first kappa shape index (κ1) is 21.0. The van der Waals surface area contributed by atoms with Crippen molar-refractivity contribution in [3.05, 3.63) is 65.0 Å². The Kier molecular flexibility index (Phi) is 5.72. The minimum absolute atomic E-state index is 0.136. The van der Waals surface area contributed by atoms with E-state index in [2.05, 4.69) is 17.2 Å². The largest absolute Gasteiger partial charge is 0.497 e. The van der Waals surface area contributed by atoms with Crippen molar-refractivity contribution in [2.45, 2.75) is 39.5 Å². The molecule has 6 heteroatoms. The highest BCUT2D eigenvalue weighted by Gasteiger charge is 2.44. The lowest BCUT2D eigenvalue weighted by molar-refractivity contribution is -0.123. The van der Waals surface area contributed by atoms with Crippen LogP contribution in [0, 0.1) is 18.8 Å². The topological polar surface area (TPSA) is 80.7 Å². The molecular weight excluding hydrogens is 390 g/mol. The second-order valence-electron chi connectivity index (χ2n) is 8.49. The van der Waals surface area contributed by atoms with Crippen LogP contribution >= 0.6 is 0 Å². The monoisotopic (exact) mass is 417 g/mol. The molecule has 1 aromatic carbocycles. The number of benzene rings is 1. The van der Waals surface area contributed by atoms with E-state index in [0.717, 1.165) is 23.3 Å². The summed E-state index contributed by atoms with van der Waals surface area (Å²) in [6.45, 7) is 5.86. The number of pyridine rings is 1. The Hall–Kier alpha value is -3.28. The number of methoxy groups -OCH3 is 1. The Morgan fingerprint density at radius 3 is 2.65 bits per heavy atom. The third-order valence-corrected chi connectivity index (χ3v) is 6.01. The van der Waals surface area contributed by atoms with Gasteiger partial charge in [-0.2, -0.15) is 0 Å². The van der Waals surface area contributed by atoms with Crippen molar-refractivity contribution in [2.24, 2.45) is 16.8 Å². The number of allylic oxidation sites excluding steroid dienone is 1. The minimum atomic E-state index is -0.432. The second-order valence-corrected chi connectivity index (χ2v) is 8.49. The number of aryl methyl sites for hydroxylation is 1. The summed E-state index contributed by atoms with van der Waals surface area (Å²) in [6.07, 6.45) is 2.97. The van der Waals surface area contributed by atoms with E-state index in [-0.39, 0.29) is 17.6 Å². The number of carbonyl (C=O) groups excluding carboxylic acids is 2. The van der Waals surface area contributed by atoms with Crippen LogP contribution in [-0.2, 0) is 9.59 Å². The van der Waals surface area contributed by atoms with Gasteiger partial charge in [0.2, 0.25) is 0 Å². The van der Waals surface area contributed by atoms with Crippen LogP contribution in [0.25, 0.3) is 0 Å². The molecule has 160 valence electrons. The Morgan fingerprint density at radius 1 is 1.13 bits per heavy atom. The van der Waals surface area contributed by atoms with E-state index in [1.165, 1.54) is 0 Å². The van der Waals surface area contributed by atoms with Crippen LogP contribution < -0.4 is 10.1 Å². The number of rotatable bonds is 4. The van der Waals surface area contributed by atoms with Gasteiger partial charge in [-0.25, -0.2) is 4.98 Å². The van der Waals surface area contributed by atoms with Crippen molar-refractivity contribution < 1.29 is 14.3 Å². The molecule has 1 aliphatic carbocycles. The molecule has 0 saturated heterocycles. The summed E-state index contributed by atoms with van der Waals surface area (Å²) in [5, 5.41) is 2.90. The van der Waals surface area contributed by atoms with E-state index in [1.807, 2.05) is 44.2 Å². The van der Waals surface area contributed by atoms with Gasteiger partial charge in [-0.1, -0.05) is 25.1 Å². The Labute approximate surface area is 182 Å². The van der Waals surface area contributed by atoms with E-state index in [9.17, 15) is 9.59 Å². The number of nitrogens with zero attached hydrogens (tertiary/aromatic N) is 2. The molecule has 0 unspecified atom stereocenters. The molecule has 2 aliphatic rings. The number of Topliss-reactive ketones (excluding diaryl/α,β-unsaturated/α-hetero) is 1. The van der Waals surface area contributed by atoms with Gasteiger partial charge in [0.15, 0.2) is 0 Å². The number of ether oxygens (including phenoxy) is 1. The smallest absolute Gasteiger partial charge is 0.255 e. The number of fused-ring (bicyclic) bond motifs is 1. The highest BCUT2D eigenvalue weighted by atomic mass is 16.5. The molecule has 0 bridgehead atoms. The number of anilines is 1. The lowest BCUT2D eigenvalue weighted by atomic mass is 9.67. The predicted octanol–water partition coefficient (Wildman–Crippen LogP) is 4.46. The van der Waals surface area contributed by atoms with Crippen molar-refractivity contribution in [3.8, 4) is 5.75 Å². The van der Waals surface area contributed by atoms with Crippen LogP contribution in [-0.4, -0.2) is 29.5 Å². The van der Waals surface area contributed by atoms with Gasteiger partial charge in [0.05, 0.1) is 13.0 Å². The molecule has 6 nitrogen and oxygen atoms in total. The standard InChI is InChI=1S/C25H27N3O3/c1-14-8-9-21(26-13-14)28-25(30)22-16(3)27-19-10-15(2)11-20(29)24(19)23(22)17-6-5-7-18(12-17)31-4/h5-9,12-13,15,23-24H,10-11H2,1-4H3,(H,26,28,30)/t15-,23-,24-/m1/s1. The number of ketones is 1. The normalized spacial score (nSPS) is 23.2. The van der Waals surface area contributed by atoms with Gasteiger partial charge in [0, 0.05) is 35.5 Å².